The molecular weight excluding hydrogens is 318 g/mol. The quantitative estimate of drug-likeness (QED) is 0.797. The molecule has 0 bridgehead atoms. The van der Waals surface area contributed by atoms with Crippen molar-refractivity contribution in [3.05, 3.63) is 28.8 Å². The fraction of sp³-hybridized carbons (Fsp3) is 0.667. The minimum Gasteiger partial charge on any atom is -0.472 e. The summed E-state index contributed by atoms with van der Waals surface area (Å²) in [6.07, 6.45) is 4.57. The lowest BCUT2D eigenvalue weighted by Crippen LogP contribution is -2.34. The van der Waals surface area contributed by atoms with Gasteiger partial charge >= 0.3 is 0 Å². The molecule has 2 aromatic rings. The molecule has 7 nitrogen and oxygen atoms in total. The summed E-state index contributed by atoms with van der Waals surface area (Å²) in [4.78, 5) is 15.7. The van der Waals surface area contributed by atoms with Crippen molar-refractivity contribution in [1.29, 1.82) is 0 Å². The third-order valence-corrected chi connectivity index (χ3v) is 5.21. The Hall–Kier alpha value is -2.02. The predicted molar refractivity (Wildman–Crippen MR) is 91.5 cm³/mol. The SMILES string of the molecule is CCN(Cc1noc(C2CCC2)n1)CC1Cc2c(C)nc(C)nc2O1. The Morgan fingerprint density at radius 2 is 2.00 bits per heavy atom. The van der Waals surface area contributed by atoms with Crippen molar-refractivity contribution in [1.82, 2.24) is 25.0 Å². The van der Waals surface area contributed by atoms with Gasteiger partial charge in [0, 0.05) is 30.1 Å². The summed E-state index contributed by atoms with van der Waals surface area (Å²) in [7, 11) is 0. The standard InChI is InChI=1S/C18H25N5O2/c1-4-23(10-16-21-17(25-22-16)13-6-5-7-13)9-14-8-15-11(2)19-12(3)20-18(15)24-14/h13-14H,4-10H2,1-3H3. The second kappa shape index (κ2) is 6.71. The summed E-state index contributed by atoms with van der Waals surface area (Å²) >= 11 is 0. The molecule has 2 aromatic heterocycles. The highest BCUT2D eigenvalue weighted by atomic mass is 16.5. The number of likely N-dealkylation sites (N-methyl/N-ethyl adjacent to an activating group) is 1. The summed E-state index contributed by atoms with van der Waals surface area (Å²) in [5, 5.41) is 4.16. The summed E-state index contributed by atoms with van der Waals surface area (Å²) in [5.41, 5.74) is 2.16. The molecule has 25 heavy (non-hydrogen) atoms. The van der Waals surface area contributed by atoms with Crippen LogP contribution in [0.3, 0.4) is 0 Å². The first kappa shape index (κ1) is 16.4. The molecule has 1 unspecified atom stereocenters. The van der Waals surface area contributed by atoms with Crippen LogP contribution in [0.4, 0.5) is 0 Å². The highest BCUT2D eigenvalue weighted by Gasteiger charge is 2.29. The molecule has 1 aliphatic heterocycles. The lowest BCUT2D eigenvalue weighted by atomic mass is 9.85. The van der Waals surface area contributed by atoms with E-state index >= 15 is 0 Å². The molecule has 0 amide bonds. The molecule has 134 valence electrons. The zero-order chi connectivity index (χ0) is 17.4. The van der Waals surface area contributed by atoms with Crippen LogP contribution < -0.4 is 4.74 Å². The summed E-state index contributed by atoms with van der Waals surface area (Å²) in [6.45, 7) is 8.49. The van der Waals surface area contributed by atoms with E-state index in [0.717, 1.165) is 54.2 Å². The topological polar surface area (TPSA) is 77.2 Å². The van der Waals surface area contributed by atoms with Crippen molar-refractivity contribution in [3.8, 4) is 5.88 Å². The summed E-state index contributed by atoms with van der Waals surface area (Å²) in [5.74, 6) is 3.57. The van der Waals surface area contributed by atoms with Crippen LogP contribution >= 0.6 is 0 Å². The van der Waals surface area contributed by atoms with Crippen LogP contribution in [0.25, 0.3) is 0 Å². The van der Waals surface area contributed by atoms with Gasteiger partial charge in [0.2, 0.25) is 11.8 Å². The van der Waals surface area contributed by atoms with Crippen molar-refractivity contribution in [2.24, 2.45) is 0 Å². The lowest BCUT2D eigenvalue weighted by Gasteiger charge is -2.22. The maximum Gasteiger partial charge on any atom is 0.229 e. The predicted octanol–water partition coefficient (Wildman–Crippen LogP) is 2.57. The van der Waals surface area contributed by atoms with Gasteiger partial charge in [0.15, 0.2) is 5.82 Å². The van der Waals surface area contributed by atoms with Crippen LogP contribution in [0.15, 0.2) is 4.52 Å². The van der Waals surface area contributed by atoms with Gasteiger partial charge in [-0.3, -0.25) is 4.90 Å². The van der Waals surface area contributed by atoms with Crippen LogP contribution in [0, 0.1) is 13.8 Å². The second-order valence-electron chi connectivity index (χ2n) is 7.09. The molecule has 1 saturated carbocycles. The van der Waals surface area contributed by atoms with Crippen molar-refractivity contribution in [3.63, 3.8) is 0 Å². The molecule has 3 heterocycles. The Morgan fingerprint density at radius 3 is 2.72 bits per heavy atom. The monoisotopic (exact) mass is 343 g/mol. The van der Waals surface area contributed by atoms with Gasteiger partial charge in [-0.25, -0.2) is 4.98 Å². The molecule has 7 heteroatoms. The van der Waals surface area contributed by atoms with Crippen LogP contribution in [-0.4, -0.2) is 44.2 Å². The van der Waals surface area contributed by atoms with Crippen LogP contribution in [0.1, 0.15) is 60.9 Å². The van der Waals surface area contributed by atoms with Gasteiger partial charge in [-0.2, -0.15) is 9.97 Å². The molecule has 0 N–H and O–H groups in total. The van der Waals surface area contributed by atoms with E-state index in [-0.39, 0.29) is 6.10 Å². The van der Waals surface area contributed by atoms with Crippen LogP contribution in [0.2, 0.25) is 0 Å². The van der Waals surface area contributed by atoms with Crippen molar-refractivity contribution in [2.75, 3.05) is 13.1 Å². The minimum absolute atomic E-state index is 0.0998. The van der Waals surface area contributed by atoms with E-state index in [1.807, 2.05) is 13.8 Å². The van der Waals surface area contributed by atoms with Gasteiger partial charge < -0.3 is 9.26 Å². The minimum atomic E-state index is 0.0998. The molecule has 0 spiro atoms. The molecule has 4 rings (SSSR count). The van der Waals surface area contributed by atoms with Gasteiger partial charge in [0.1, 0.15) is 11.9 Å². The van der Waals surface area contributed by atoms with Gasteiger partial charge in [0.25, 0.3) is 0 Å². The fourth-order valence-electron chi connectivity index (χ4n) is 3.51. The molecular formula is C18H25N5O2. The van der Waals surface area contributed by atoms with E-state index in [0.29, 0.717) is 12.5 Å². The lowest BCUT2D eigenvalue weighted by molar-refractivity contribution is 0.143. The van der Waals surface area contributed by atoms with E-state index in [2.05, 4.69) is 31.9 Å². The first-order chi connectivity index (χ1) is 12.1. The molecule has 1 aliphatic carbocycles. The number of fused-ring (bicyclic) bond motifs is 1. The highest BCUT2D eigenvalue weighted by Crippen LogP contribution is 2.35. The van der Waals surface area contributed by atoms with E-state index in [1.54, 1.807) is 0 Å². The Kier molecular flexibility index (Phi) is 4.41. The number of aryl methyl sites for hydroxylation is 2. The van der Waals surface area contributed by atoms with E-state index in [4.69, 9.17) is 9.26 Å². The fourth-order valence-corrected chi connectivity index (χ4v) is 3.51. The highest BCUT2D eigenvalue weighted by molar-refractivity contribution is 5.34. The van der Waals surface area contributed by atoms with Crippen LogP contribution in [-0.2, 0) is 13.0 Å². The maximum absolute atomic E-state index is 6.05. The van der Waals surface area contributed by atoms with Crippen molar-refractivity contribution >= 4 is 0 Å². The zero-order valence-electron chi connectivity index (χ0n) is 15.2. The first-order valence-electron chi connectivity index (χ1n) is 9.18. The van der Waals surface area contributed by atoms with Gasteiger partial charge in [-0.15, -0.1) is 0 Å². The number of aromatic nitrogens is 4. The third kappa shape index (κ3) is 3.38. The van der Waals surface area contributed by atoms with E-state index in [1.165, 1.54) is 19.3 Å². The molecule has 1 fully saturated rings. The van der Waals surface area contributed by atoms with Gasteiger partial charge in [-0.1, -0.05) is 18.5 Å². The van der Waals surface area contributed by atoms with E-state index in [9.17, 15) is 0 Å². The van der Waals surface area contributed by atoms with Gasteiger partial charge in [0.05, 0.1) is 6.54 Å². The number of rotatable bonds is 6. The second-order valence-corrected chi connectivity index (χ2v) is 7.09. The molecule has 0 aromatic carbocycles. The van der Waals surface area contributed by atoms with Gasteiger partial charge in [-0.05, 0) is 33.2 Å². The largest absolute Gasteiger partial charge is 0.472 e. The van der Waals surface area contributed by atoms with E-state index < -0.39 is 0 Å². The first-order valence-corrected chi connectivity index (χ1v) is 9.18. The number of ether oxygens (including phenoxy) is 1. The number of nitrogens with zero attached hydrogens (tertiary/aromatic N) is 5. The summed E-state index contributed by atoms with van der Waals surface area (Å²) < 4.78 is 11.5. The molecule has 0 saturated heterocycles. The average Bonchev–Trinajstić information content (AvgIpc) is 3.12. The Bertz CT molecular complexity index is 756. The normalized spacial score (nSPS) is 19.8. The Balaban J connectivity index is 1.38. The Labute approximate surface area is 147 Å². The third-order valence-electron chi connectivity index (χ3n) is 5.21. The number of hydrogen-bond donors (Lipinski definition) is 0. The maximum atomic E-state index is 6.05. The van der Waals surface area contributed by atoms with Crippen LogP contribution in [0.5, 0.6) is 5.88 Å². The Morgan fingerprint density at radius 1 is 1.16 bits per heavy atom. The molecule has 0 radical (unpaired) electrons. The average molecular weight is 343 g/mol. The number of hydrogen-bond acceptors (Lipinski definition) is 7. The summed E-state index contributed by atoms with van der Waals surface area (Å²) in [6, 6.07) is 0. The smallest absolute Gasteiger partial charge is 0.229 e. The zero-order valence-corrected chi connectivity index (χ0v) is 15.2. The molecule has 1 atom stereocenters. The van der Waals surface area contributed by atoms with Crippen molar-refractivity contribution in [2.45, 2.75) is 65.0 Å². The molecule has 2 aliphatic rings. The van der Waals surface area contributed by atoms with Crippen molar-refractivity contribution < 1.29 is 9.26 Å².